The molecule has 3 N–H and O–H groups in total. The Balaban J connectivity index is 1.54. The number of nitrogens with zero attached hydrogens (tertiary/aromatic N) is 3. The van der Waals surface area contributed by atoms with Gasteiger partial charge in [0.2, 0.25) is 0 Å². The minimum Gasteiger partial charge on any atom is -0.453 e. The van der Waals surface area contributed by atoms with Crippen molar-refractivity contribution in [3.05, 3.63) is 53.3 Å². The zero-order valence-electron chi connectivity index (χ0n) is 17.6. The Morgan fingerprint density at radius 2 is 1.85 bits per heavy atom. The number of hydrogen-bond acceptors (Lipinski definition) is 5. The van der Waals surface area contributed by atoms with E-state index in [1.807, 2.05) is 0 Å². The summed E-state index contributed by atoms with van der Waals surface area (Å²) in [5, 5.41) is 2.82. The molecule has 0 spiro atoms. The van der Waals surface area contributed by atoms with Gasteiger partial charge in [-0.15, -0.1) is 0 Å². The fraction of sp³-hybridized carbons (Fsp3) is 0.381. The second kappa shape index (κ2) is 8.43. The SMILES string of the molecule is COC(=O)N1CCC(NC(=O)c2ccn3c2C(=O)N(c2ccc(C(F)(F)F)cc2)C[C@@H]3N)C1. The molecular formula is C21H22F3N5O4. The molecule has 1 aromatic heterocycles. The summed E-state index contributed by atoms with van der Waals surface area (Å²) < 4.78 is 44.8. The maximum Gasteiger partial charge on any atom is 0.416 e. The summed E-state index contributed by atoms with van der Waals surface area (Å²) in [4.78, 5) is 40.5. The molecule has 2 aromatic rings. The number of likely N-dealkylation sites (tertiary alicyclic amines) is 1. The number of aromatic nitrogens is 1. The molecule has 3 heterocycles. The first-order valence-electron chi connectivity index (χ1n) is 10.2. The summed E-state index contributed by atoms with van der Waals surface area (Å²) in [6.07, 6.45) is -3.61. The lowest BCUT2D eigenvalue weighted by molar-refractivity contribution is -0.137. The van der Waals surface area contributed by atoms with Crippen molar-refractivity contribution in [1.29, 1.82) is 0 Å². The average Bonchev–Trinajstić information content (AvgIpc) is 3.43. The largest absolute Gasteiger partial charge is 0.453 e. The van der Waals surface area contributed by atoms with Crippen LogP contribution in [0.2, 0.25) is 0 Å². The highest BCUT2D eigenvalue weighted by molar-refractivity contribution is 6.13. The van der Waals surface area contributed by atoms with E-state index in [9.17, 15) is 27.6 Å². The number of amides is 3. The molecule has 1 aromatic carbocycles. The number of fused-ring (bicyclic) bond motifs is 1. The summed E-state index contributed by atoms with van der Waals surface area (Å²) in [6, 6.07) is 5.35. The zero-order valence-corrected chi connectivity index (χ0v) is 17.6. The van der Waals surface area contributed by atoms with Crippen LogP contribution in [0.15, 0.2) is 36.5 Å². The van der Waals surface area contributed by atoms with Gasteiger partial charge in [-0.3, -0.25) is 9.59 Å². The molecular weight excluding hydrogens is 443 g/mol. The first-order chi connectivity index (χ1) is 15.6. The van der Waals surface area contributed by atoms with Gasteiger partial charge in [0.15, 0.2) is 0 Å². The summed E-state index contributed by atoms with van der Waals surface area (Å²) in [7, 11) is 1.28. The smallest absolute Gasteiger partial charge is 0.416 e. The van der Waals surface area contributed by atoms with Crippen molar-refractivity contribution in [2.45, 2.75) is 24.8 Å². The van der Waals surface area contributed by atoms with E-state index < -0.39 is 35.8 Å². The zero-order chi connectivity index (χ0) is 23.9. The Labute approximate surface area is 186 Å². The van der Waals surface area contributed by atoms with Gasteiger partial charge in [-0.05, 0) is 36.8 Å². The summed E-state index contributed by atoms with van der Waals surface area (Å²) in [5.74, 6) is -1.05. The Hall–Kier alpha value is -3.54. The molecule has 33 heavy (non-hydrogen) atoms. The molecule has 1 fully saturated rings. The minimum absolute atomic E-state index is 0.0314. The monoisotopic (exact) mass is 465 g/mol. The lowest BCUT2D eigenvalue weighted by Gasteiger charge is -2.33. The van der Waals surface area contributed by atoms with Crippen LogP contribution < -0.4 is 16.0 Å². The van der Waals surface area contributed by atoms with Gasteiger partial charge in [-0.1, -0.05) is 0 Å². The van der Waals surface area contributed by atoms with Crippen LogP contribution in [0, 0.1) is 0 Å². The van der Waals surface area contributed by atoms with Crippen LogP contribution in [0.25, 0.3) is 0 Å². The number of benzene rings is 1. The number of nitrogens with two attached hydrogens (primary N) is 1. The Bertz CT molecular complexity index is 1080. The fourth-order valence-electron chi connectivity index (χ4n) is 4.11. The van der Waals surface area contributed by atoms with E-state index in [-0.39, 0.29) is 36.1 Å². The van der Waals surface area contributed by atoms with Gasteiger partial charge >= 0.3 is 12.3 Å². The number of carbonyl (C=O) groups is 3. The lowest BCUT2D eigenvalue weighted by Crippen LogP contribution is -2.47. The number of ether oxygens (including phenoxy) is 1. The van der Waals surface area contributed by atoms with Gasteiger partial charge in [0.1, 0.15) is 5.69 Å². The molecule has 2 atom stereocenters. The molecule has 0 saturated carbocycles. The lowest BCUT2D eigenvalue weighted by atomic mass is 10.1. The van der Waals surface area contributed by atoms with Crippen molar-refractivity contribution in [3.63, 3.8) is 0 Å². The van der Waals surface area contributed by atoms with Crippen LogP contribution >= 0.6 is 0 Å². The number of rotatable bonds is 3. The Kier molecular flexibility index (Phi) is 5.78. The number of alkyl halides is 3. The van der Waals surface area contributed by atoms with Crippen LogP contribution in [-0.2, 0) is 10.9 Å². The summed E-state index contributed by atoms with van der Waals surface area (Å²) in [6.45, 7) is 0.736. The Morgan fingerprint density at radius 3 is 2.48 bits per heavy atom. The van der Waals surface area contributed by atoms with Crippen LogP contribution in [0.3, 0.4) is 0 Å². The Morgan fingerprint density at radius 1 is 1.15 bits per heavy atom. The first kappa shape index (κ1) is 22.6. The predicted molar refractivity (Wildman–Crippen MR) is 111 cm³/mol. The molecule has 9 nitrogen and oxygen atoms in total. The van der Waals surface area contributed by atoms with E-state index in [0.29, 0.717) is 13.0 Å². The highest BCUT2D eigenvalue weighted by atomic mass is 19.4. The minimum atomic E-state index is -4.50. The molecule has 176 valence electrons. The van der Waals surface area contributed by atoms with Gasteiger partial charge in [-0.25, -0.2) is 4.79 Å². The molecule has 0 radical (unpaired) electrons. The predicted octanol–water partition coefficient (Wildman–Crippen LogP) is 2.20. The van der Waals surface area contributed by atoms with Gasteiger partial charge in [0.05, 0.1) is 30.9 Å². The van der Waals surface area contributed by atoms with Crippen molar-refractivity contribution < 1.29 is 32.3 Å². The van der Waals surface area contributed by atoms with Crippen molar-refractivity contribution in [3.8, 4) is 0 Å². The molecule has 1 saturated heterocycles. The van der Waals surface area contributed by atoms with Crippen molar-refractivity contribution in [2.75, 3.05) is 31.6 Å². The average molecular weight is 465 g/mol. The topological polar surface area (TPSA) is 110 Å². The number of halogens is 3. The molecule has 3 amide bonds. The number of anilines is 1. The third kappa shape index (κ3) is 4.25. The first-order valence-corrected chi connectivity index (χ1v) is 10.2. The van der Waals surface area contributed by atoms with Crippen LogP contribution in [0.4, 0.5) is 23.7 Å². The van der Waals surface area contributed by atoms with Gasteiger partial charge in [0.25, 0.3) is 11.8 Å². The second-order valence-electron chi connectivity index (χ2n) is 7.89. The third-order valence-electron chi connectivity index (χ3n) is 5.80. The normalized spacial score (nSPS) is 20.6. The van der Waals surface area contributed by atoms with Crippen LogP contribution in [0.1, 0.15) is 39.0 Å². The van der Waals surface area contributed by atoms with E-state index in [4.69, 9.17) is 5.73 Å². The van der Waals surface area contributed by atoms with Crippen molar-refractivity contribution >= 4 is 23.6 Å². The molecule has 12 heteroatoms. The molecule has 1 unspecified atom stereocenters. The van der Waals surface area contributed by atoms with E-state index in [1.54, 1.807) is 0 Å². The van der Waals surface area contributed by atoms with E-state index in [1.165, 1.54) is 45.9 Å². The second-order valence-corrected chi connectivity index (χ2v) is 7.89. The fourth-order valence-corrected chi connectivity index (χ4v) is 4.11. The van der Waals surface area contributed by atoms with Gasteiger partial charge < -0.3 is 30.2 Å². The summed E-state index contributed by atoms with van der Waals surface area (Å²) in [5.41, 5.74) is 5.74. The van der Waals surface area contributed by atoms with Crippen molar-refractivity contribution in [1.82, 2.24) is 14.8 Å². The summed E-state index contributed by atoms with van der Waals surface area (Å²) >= 11 is 0. The number of carbonyl (C=O) groups excluding carboxylic acids is 3. The van der Waals surface area contributed by atoms with E-state index in [2.05, 4.69) is 10.1 Å². The highest BCUT2D eigenvalue weighted by Gasteiger charge is 2.36. The molecule has 2 aliphatic rings. The maximum atomic E-state index is 13.2. The van der Waals surface area contributed by atoms with E-state index in [0.717, 1.165) is 12.1 Å². The van der Waals surface area contributed by atoms with Gasteiger partial charge in [-0.2, -0.15) is 13.2 Å². The van der Waals surface area contributed by atoms with Crippen LogP contribution in [0.5, 0.6) is 0 Å². The molecule has 2 aliphatic heterocycles. The standard InChI is InChI=1S/C21H22F3N5O4/c1-33-20(32)27-8-6-13(10-27)26-18(30)15-7-9-28-16(25)11-29(19(31)17(15)28)14-4-2-12(3-5-14)21(22,23)24/h2-5,7,9,13,16H,6,8,10-11,25H2,1H3,(H,26,30)/t13?,16-/m1/s1. The third-order valence-corrected chi connectivity index (χ3v) is 5.80. The quantitative estimate of drug-likeness (QED) is 0.722. The number of methoxy groups -OCH3 is 1. The van der Waals surface area contributed by atoms with Crippen LogP contribution in [-0.4, -0.2) is 60.2 Å². The molecule has 0 aliphatic carbocycles. The highest BCUT2D eigenvalue weighted by Crippen LogP contribution is 2.32. The number of hydrogen-bond donors (Lipinski definition) is 2. The molecule has 0 bridgehead atoms. The van der Waals surface area contributed by atoms with Crippen molar-refractivity contribution in [2.24, 2.45) is 5.73 Å². The van der Waals surface area contributed by atoms with Gasteiger partial charge in [0, 0.05) is 31.0 Å². The number of nitrogens with one attached hydrogen (secondary N) is 1. The van der Waals surface area contributed by atoms with E-state index >= 15 is 0 Å². The molecule has 4 rings (SSSR count). The maximum absolute atomic E-state index is 13.2.